The Morgan fingerprint density at radius 2 is 1.62 bits per heavy atom. The monoisotopic (exact) mass is 295 g/mol. The maximum atomic E-state index is 12.1. The van der Waals surface area contributed by atoms with Crippen LogP contribution in [0.1, 0.15) is 15.2 Å². The van der Waals surface area contributed by atoms with Gasteiger partial charge in [0.25, 0.3) is 0 Å². The molecule has 1 aromatic heterocycles. The van der Waals surface area contributed by atoms with Crippen LogP contribution in [-0.4, -0.2) is 5.91 Å². The molecule has 1 heterocycles. The van der Waals surface area contributed by atoms with E-state index in [0.717, 1.165) is 16.0 Å². The van der Waals surface area contributed by atoms with Crippen molar-refractivity contribution in [3.63, 3.8) is 0 Å². The average molecular weight is 295 g/mol. The number of aromatic nitrogens is 1. The van der Waals surface area contributed by atoms with Crippen LogP contribution < -0.4 is 9.49 Å². The van der Waals surface area contributed by atoms with Crippen molar-refractivity contribution in [1.29, 1.82) is 0 Å². The first kappa shape index (κ1) is 13.5. The number of aryl methyl sites for hydroxylation is 1. The Hall–Kier alpha value is -2.46. The second-order valence-corrected chi connectivity index (χ2v) is 5.88. The number of benzene rings is 2. The number of hydrogen-bond donors (Lipinski definition) is 1. The fourth-order valence-electron chi connectivity index (χ4n) is 2.14. The van der Waals surface area contributed by atoms with Crippen molar-refractivity contribution in [2.24, 2.45) is 0 Å². The van der Waals surface area contributed by atoms with E-state index < -0.39 is 0 Å². The summed E-state index contributed by atoms with van der Waals surface area (Å²) in [5.74, 6) is -0.110. The Morgan fingerprint density at radius 1 is 1.00 bits per heavy atom. The molecule has 4 heteroatoms. The molecular formula is C17H15N2OS+. The molecule has 0 saturated heterocycles. The van der Waals surface area contributed by atoms with Gasteiger partial charge >= 0.3 is 5.91 Å². The maximum absolute atomic E-state index is 12.1. The van der Waals surface area contributed by atoms with Gasteiger partial charge in [-0.25, -0.2) is 0 Å². The van der Waals surface area contributed by atoms with Crippen LogP contribution in [0, 0.1) is 6.92 Å². The molecule has 3 rings (SSSR count). The molecular weight excluding hydrogens is 280 g/mol. The summed E-state index contributed by atoms with van der Waals surface area (Å²) in [5.41, 5.74) is 5.82. The molecule has 3 nitrogen and oxygen atoms in total. The molecule has 0 radical (unpaired) electrons. The Kier molecular flexibility index (Phi) is 3.79. The molecule has 1 amide bonds. The molecule has 0 fully saturated rings. The van der Waals surface area contributed by atoms with Gasteiger partial charge in [0, 0.05) is 5.56 Å². The van der Waals surface area contributed by atoms with Gasteiger partial charge in [-0.1, -0.05) is 48.5 Å². The number of nitrogens with zero attached hydrogens (tertiary/aromatic N) is 1. The number of amides is 1. The van der Waals surface area contributed by atoms with Crippen LogP contribution in [0.25, 0.3) is 11.1 Å². The van der Waals surface area contributed by atoms with Gasteiger partial charge in [-0.15, -0.1) is 5.43 Å². The molecule has 2 aromatic carbocycles. The summed E-state index contributed by atoms with van der Waals surface area (Å²) in [6, 6.07) is 19.4. The van der Waals surface area contributed by atoms with E-state index in [0.29, 0.717) is 5.56 Å². The summed E-state index contributed by atoms with van der Waals surface area (Å²) >= 11 is 1.52. The lowest BCUT2D eigenvalue weighted by Gasteiger charge is -1.96. The summed E-state index contributed by atoms with van der Waals surface area (Å²) in [6.07, 6.45) is 1.95. The van der Waals surface area contributed by atoms with Gasteiger partial charge in [-0.2, -0.15) is 0 Å². The van der Waals surface area contributed by atoms with Crippen molar-refractivity contribution in [2.75, 3.05) is 5.43 Å². The van der Waals surface area contributed by atoms with Crippen LogP contribution in [0.2, 0.25) is 0 Å². The highest BCUT2D eigenvalue weighted by atomic mass is 32.1. The first-order chi connectivity index (χ1) is 10.2. The Bertz CT molecular complexity index is 751. The van der Waals surface area contributed by atoms with Gasteiger partial charge in [0.15, 0.2) is 11.5 Å². The molecule has 0 aliphatic heterocycles. The molecule has 21 heavy (non-hydrogen) atoms. The highest BCUT2D eigenvalue weighted by molar-refractivity contribution is 7.02. The Morgan fingerprint density at radius 3 is 2.29 bits per heavy atom. The summed E-state index contributed by atoms with van der Waals surface area (Å²) in [5, 5.41) is 0. The molecule has 0 spiro atoms. The van der Waals surface area contributed by atoms with Crippen LogP contribution in [0.15, 0.2) is 66.9 Å². The first-order valence-electron chi connectivity index (χ1n) is 6.68. The number of carbonyl (C=O) groups excluding carboxylic acids is 1. The van der Waals surface area contributed by atoms with Gasteiger partial charge in [0.1, 0.15) is 0 Å². The van der Waals surface area contributed by atoms with Crippen molar-refractivity contribution in [3.05, 3.63) is 77.3 Å². The van der Waals surface area contributed by atoms with E-state index in [-0.39, 0.29) is 5.91 Å². The molecule has 0 atom stereocenters. The SMILES string of the molecule is Cc1s[n+](NC(=O)c2ccccc2)cc1-c1ccccc1. The summed E-state index contributed by atoms with van der Waals surface area (Å²) in [6.45, 7) is 2.05. The highest BCUT2D eigenvalue weighted by Crippen LogP contribution is 2.23. The lowest BCUT2D eigenvalue weighted by Crippen LogP contribution is -2.44. The van der Waals surface area contributed by atoms with Crippen molar-refractivity contribution in [1.82, 2.24) is 0 Å². The van der Waals surface area contributed by atoms with E-state index in [4.69, 9.17) is 0 Å². The number of hydrogen-bond acceptors (Lipinski definition) is 2. The highest BCUT2D eigenvalue weighted by Gasteiger charge is 2.17. The van der Waals surface area contributed by atoms with Gasteiger partial charge < -0.3 is 0 Å². The van der Waals surface area contributed by atoms with Gasteiger partial charge in [-0.3, -0.25) is 4.79 Å². The third-order valence-electron chi connectivity index (χ3n) is 3.19. The first-order valence-corrected chi connectivity index (χ1v) is 7.46. The summed E-state index contributed by atoms with van der Waals surface area (Å²) < 4.78 is 1.76. The molecule has 0 aliphatic rings. The van der Waals surface area contributed by atoms with E-state index >= 15 is 0 Å². The lowest BCUT2D eigenvalue weighted by atomic mass is 10.1. The molecule has 0 unspecified atom stereocenters. The van der Waals surface area contributed by atoms with Crippen LogP contribution in [-0.2, 0) is 0 Å². The number of nitrogens with one attached hydrogen (secondary N) is 1. The van der Waals surface area contributed by atoms with Gasteiger partial charge in [0.05, 0.1) is 10.4 Å². The lowest BCUT2D eigenvalue weighted by molar-refractivity contribution is -0.568. The normalized spacial score (nSPS) is 10.3. The fraction of sp³-hybridized carbons (Fsp3) is 0.0588. The average Bonchev–Trinajstić information content (AvgIpc) is 2.89. The van der Waals surface area contributed by atoms with Gasteiger partial charge in [-0.05, 0) is 28.7 Å². The van der Waals surface area contributed by atoms with Crippen LogP contribution in [0.4, 0.5) is 0 Å². The van der Waals surface area contributed by atoms with Crippen molar-refractivity contribution < 1.29 is 8.86 Å². The van der Waals surface area contributed by atoms with E-state index in [9.17, 15) is 4.79 Å². The molecule has 104 valence electrons. The van der Waals surface area contributed by atoms with Crippen molar-refractivity contribution >= 4 is 17.4 Å². The molecule has 0 aliphatic carbocycles. The predicted octanol–water partition coefficient (Wildman–Crippen LogP) is 3.39. The summed E-state index contributed by atoms with van der Waals surface area (Å²) in [7, 11) is 0. The van der Waals surface area contributed by atoms with Crippen LogP contribution in [0.3, 0.4) is 0 Å². The molecule has 0 saturated carbocycles. The quantitative estimate of drug-likeness (QED) is 0.738. The standard InChI is InChI=1S/C17H14N2OS/c1-13-16(14-8-4-2-5-9-14)12-19(21-13)18-17(20)15-10-6-3-7-11-15/h2-12H,1H3/p+1. The molecule has 0 bridgehead atoms. The van der Waals surface area contributed by atoms with E-state index in [1.807, 2.05) is 42.6 Å². The second-order valence-electron chi connectivity index (χ2n) is 4.69. The zero-order valence-electron chi connectivity index (χ0n) is 11.6. The smallest absolute Gasteiger partial charge is 0.263 e. The fourth-order valence-corrected chi connectivity index (χ4v) is 2.99. The maximum Gasteiger partial charge on any atom is 0.306 e. The molecule has 1 N–H and O–H groups in total. The van der Waals surface area contributed by atoms with Crippen molar-refractivity contribution in [3.8, 4) is 11.1 Å². The topological polar surface area (TPSA) is 33.0 Å². The molecule has 3 aromatic rings. The third-order valence-corrected chi connectivity index (χ3v) is 4.08. The predicted molar refractivity (Wildman–Crippen MR) is 84.8 cm³/mol. The number of rotatable bonds is 3. The van der Waals surface area contributed by atoms with E-state index in [2.05, 4.69) is 24.5 Å². The third kappa shape index (κ3) is 3.01. The van der Waals surface area contributed by atoms with Crippen LogP contribution >= 0.6 is 11.5 Å². The zero-order chi connectivity index (χ0) is 14.7. The second kappa shape index (κ2) is 5.89. The van der Waals surface area contributed by atoms with Crippen LogP contribution in [0.5, 0.6) is 0 Å². The Balaban J connectivity index is 1.84. The zero-order valence-corrected chi connectivity index (χ0v) is 12.4. The van der Waals surface area contributed by atoms with Gasteiger partial charge in [0.2, 0.25) is 6.20 Å². The summed E-state index contributed by atoms with van der Waals surface area (Å²) in [4.78, 5) is 13.3. The van der Waals surface area contributed by atoms with E-state index in [1.54, 1.807) is 16.2 Å². The minimum atomic E-state index is -0.110. The van der Waals surface area contributed by atoms with Crippen molar-refractivity contribution in [2.45, 2.75) is 6.92 Å². The largest absolute Gasteiger partial charge is 0.306 e. The minimum absolute atomic E-state index is 0.110. The minimum Gasteiger partial charge on any atom is -0.263 e. The van der Waals surface area contributed by atoms with E-state index in [1.165, 1.54) is 11.5 Å². The Labute approximate surface area is 127 Å². The number of carbonyl (C=O) groups is 1.